The van der Waals surface area contributed by atoms with Crippen molar-refractivity contribution < 1.29 is 17.9 Å². The SMILES string of the molecule is O=C1CCCc2ccc(OC3CCS(=O)(=O)C3)cc21. The summed E-state index contributed by atoms with van der Waals surface area (Å²) >= 11 is 0. The molecule has 0 N–H and O–H groups in total. The lowest BCUT2D eigenvalue weighted by Crippen LogP contribution is -2.18. The zero-order chi connectivity index (χ0) is 13.5. The minimum absolute atomic E-state index is 0.0814. The quantitative estimate of drug-likeness (QED) is 0.828. The number of rotatable bonds is 2. The van der Waals surface area contributed by atoms with E-state index in [1.54, 1.807) is 6.07 Å². The topological polar surface area (TPSA) is 60.4 Å². The second-order valence-electron chi connectivity index (χ2n) is 5.24. The van der Waals surface area contributed by atoms with E-state index >= 15 is 0 Å². The van der Waals surface area contributed by atoms with Gasteiger partial charge in [-0.15, -0.1) is 0 Å². The Labute approximate surface area is 112 Å². The van der Waals surface area contributed by atoms with Crippen LogP contribution < -0.4 is 4.74 Å². The molecule has 3 rings (SSSR count). The molecule has 102 valence electrons. The molecule has 1 heterocycles. The second kappa shape index (κ2) is 4.63. The van der Waals surface area contributed by atoms with Gasteiger partial charge in [0.25, 0.3) is 0 Å². The van der Waals surface area contributed by atoms with Crippen LogP contribution in [0.2, 0.25) is 0 Å². The van der Waals surface area contributed by atoms with E-state index < -0.39 is 9.84 Å². The molecule has 4 nitrogen and oxygen atoms in total. The highest BCUT2D eigenvalue weighted by molar-refractivity contribution is 7.91. The van der Waals surface area contributed by atoms with Gasteiger partial charge in [0.05, 0.1) is 11.5 Å². The average molecular weight is 280 g/mol. The molecule has 0 aromatic heterocycles. The number of carbonyl (C=O) groups is 1. The van der Waals surface area contributed by atoms with Crippen LogP contribution in [0.3, 0.4) is 0 Å². The molecule has 0 bridgehead atoms. The van der Waals surface area contributed by atoms with Gasteiger partial charge >= 0.3 is 0 Å². The predicted molar refractivity (Wildman–Crippen MR) is 71.4 cm³/mol. The normalized spacial score (nSPS) is 25.1. The van der Waals surface area contributed by atoms with Crippen LogP contribution in [0.5, 0.6) is 5.75 Å². The van der Waals surface area contributed by atoms with Crippen molar-refractivity contribution in [2.24, 2.45) is 0 Å². The third kappa shape index (κ3) is 2.66. The van der Waals surface area contributed by atoms with Gasteiger partial charge in [-0.2, -0.15) is 0 Å². The number of ketones is 1. The van der Waals surface area contributed by atoms with Crippen LogP contribution in [0.25, 0.3) is 0 Å². The zero-order valence-corrected chi connectivity index (χ0v) is 11.4. The van der Waals surface area contributed by atoms with Crippen LogP contribution in [0, 0.1) is 0 Å². The van der Waals surface area contributed by atoms with Crippen molar-refractivity contribution in [2.75, 3.05) is 11.5 Å². The summed E-state index contributed by atoms with van der Waals surface area (Å²) < 4.78 is 28.5. The molecule has 2 aliphatic rings. The van der Waals surface area contributed by atoms with E-state index in [0.717, 1.165) is 24.0 Å². The molecule has 1 saturated heterocycles. The highest BCUT2D eigenvalue weighted by Gasteiger charge is 2.29. The maximum absolute atomic E-state index is 11.8. The number of fused-ring (bicyclic) bond motifs is 1. The van der Waals surface area contributed by atoms with E-state index in [9.17, 15) is 13.2 Å². The van der Waals surface area contributed by atoms with Crippen molar-refractivity contribution in [1.29, 1.82) is 0 Å². The molecule has 0 amide bonds. The van der Waals surface area contributed by atoms with Crippen LogP contribution in [-0.2, 0) is 16.3 Å². The van der Waals surface area contributed by atoms with E-state index in [-0.39, 0.29) is 23.4 Å². The first kappa shape index (κ1) is 12.7. The first-order chi connectivity index (χ1) is 9.03. The molecular weight excluding hydrogens is 264 g/mol. The summed E-state index contributed by atoms with van der Waals surface area (Å²) in [6.07, 6.45) is 2.69. The van der Waals surface area contributed by atoms with Gasteiger partial charge in [-0.1, -0.05) is 6.07 Å². The Bertz CT molecular complexity index is 618. The Balaban J connectivity index is 1.79. The van der Waals surface area contributed by atoms with E-state index in [2.05, 4.69) is 0 Å². The summed E-state index contributed by atoms with van der Waals surface area (Å²) in [5.41, 5.74) is 1.81. The van der Waals surface area contributed by atoms with Gasteiger partial charge in [0.15, 0.2) is 15.6 Å². The molecule has 5 heteroatoms. The lowest BCUT2D eigenvalue weighted by Gasteiger charge is -2.17. The van der Waals surface area contributed by atoms with Crippen LogP contribution in [0.15, 0.2) is 18.2 Å². The summed E-state index contributed by atoms with van der Waals surface area (Å²) in [7, 11) is -2.94. The van der Waals surface area contributed by atoms with Crippen molar-refractivity contribution in [2.45, 2.75) is 31.8 Å². The Morgan fingerprint density at radius 1 is 1.21 bits per heavy atom. The van der Waals surface area contributed by atoms with Gasteiger partial charge < -0.3 is 4.74 Å². The standard InChI is InChI=1S/C14H16O4S/c15-14-3-1-2-10-4-5-11(8-13(10)14)18-12-6-7-19(16,17)9-12/h4-5,8,12H,1-3,6-7,9H2. The molecule has 1 aliphatic heterocycles. The summed E-state index contributed by atoms with van der Waals surface area (Å²) in [6.45, 7) is 0. The molecule has 0 saturated carbocycles. The number of Topliss-reactive ketones (excluding diaryl/α,β-unsaturated/α-hetero) is 1. The van der Waals surface area contributed by atoms with Crippen molar-refractivity contribution in [1.82, 2.24) is 0 Å². The zero-order valence-electron chi connectivity index (χ0n) is 10.6. The summed E-state index contributed by atoms with van der Waals surface area (Å²) in [4.78, 5) is 11.8. The number of hydrogen-bond donors (Lipinski definition) is 0. The van der Waals surface area contributed by atoms with E-state index in [1.165, 1.54) is 0 Å². The third-order valence-electron chi connectivity index (χ3n) is 3.73. The third-order valence-corrected chi connectivity index (χ3v) is 5.46. The minimum Gasteiger partial charge on any atom is -0.489 e. The molecule has 19 heavy (non-hydrogen) atoms. The fraction of sp³-hybridized carbons (Fsp3) is 0.500. The Morgan fingerprint density at radius 3 is 2.79 bits per heavy atom. The Kier molecular flexibility index (Phi) is 3.09. The van der Waals surface area contributed by atoms with Crippen LogP contribution >= 0.6 is 0 Å². The number of carbonyl (C=O) groups excluding carboxylic acids is 1. The van der Waals surface area contributed by atoms with Crippen molar-refractivity contribution >= 4 is 15.6 Å². The lowest BCUT2D eigenvalue weighted by atomic mass is 9.90. The van der Waals surface area contributed by atoms with Gasteiger partial charge in [-0.05, 0) is 37.0 Å². The number of sulfone groups is 1. The minimum atomic E-state index is -2.94. The molecular formula is C14H16O4S. The van der Waals surface area contributed by atoms with Gasteiger partial charge in [0.2, 0.25) is 0 Å². The molecule has 1 aliphatic carbocycles. The first-order valence-corrected chi connectivity index (χ1v) is 8.39. The molecule has 1 aromatic rings. The van der Waals surface area contributed by atoms with Gasteiger partial charge in [-0.3, -0.25) is 4.79 Å². The molecule has 1 unspecified atom stereocenters. The Hall–Kier alpha value is -1.36. The number of hydrogen-bond acceptors (Lipinski definition) is 4. The summed E-state index contributed by atoms with van der Waals surface area (Å²) in [5.74, 6) is 1.04. The second-order valence-corrected chi connectivity index (χ2v) is 7.47. The van der Waals surface area contributed by atoms with E-state index in [0.29, 0.717) is 18.6 Å². The maximum Gasteiger partial charge on any atom is 0.163 e. The number of benzene rings is 1. The maximum atomic E-state index is 11.8. The highest BCUT2D eigenvalue weighted by atomic mass is 32.2. The first-order valence-electron chi connectivity index (χ1n) is 6.57. The fourth-order valence-electron chi connectivity index (χ4n) is 2.73. The largest absolute Gasteiger partial charge is 0.489 e. The summed E-state index contributed by atoms with van der Waals surface area (Å²) in [6, 6.07) is 5.52. The van der Waals surface area contributed by atoms with E-state index in [1.807, 2.05) is 12.1 Å². The van der Waals surface area contributed by atoms with Crippen molar-refractivity contribution in [3.63, 3.8) is 0 Å². The van der Waals surface area contributed by atoms with Crippen molar-refractivity contribution in [3.05, 3.63) is 29.3 Å². The highest BCUT2D eigenvalue weighted by Crippen LogP contribution is 2.27. The molecule has 1 fully saturated rings. The molecule has 1 aromatic carbocycles. The molecule has 0 radical (unpaired) electrons. The summed E-state index contributed by atoms with van der Waals surface area (Å²) in [5, 5.41) is 0. The number of aryl methyl sites for hydroxylation is 1. The predicted octanol–water partition coefficient (Wildman–Crippen LogP) is 1.77. The van der Waals surface area contributed by atoms with Gasteiger partial charge in [-0.25, -0.2) is 8.42 Å². The molecule has 1 atom stereocenters. The average Bonchev–Trinajstić information content (AvgIpc) is 2.70. The fourth-order valence-corrected chi connectivity index (χ4v) is 4.32. The Morgan fingerprint density at radius 2 is 2.05 bits per heavy atom. The van der Waals surface area contributed by atoms with Crippen LogP contribution in [0.1, 0.15) is 35.2 Å². The smallest absolute Gasteiger partial charge is 0.163 e. The monoisotopic (exact) mass is 280 g/mol. The van der Waals surface area contributed by atoms with Crippen LogP contribution in [-0.4, -0.2) is 31.8 Å². The lowest BCUT2D eigenvalue weighted by molar-refractivity contribution is 0.0971. The number of ether oxygens (including phenoxy) is 1. The van der Waals surface area contributed by atoms with Gasteiger partial charge in [0, 0.05) is 12.0 Å². The van der Waals surface area contributed by atoms with Crippen LogP contribution in [0.4, 0.5) is 0 Å². The van der Waals surface area contributed by atoms with E-state index in [4.69, 9.17) is 4.74 Å². The van der Waals surface area contributed by atoms with Crippen molar-refractivity contribution in [3.8, 4) is 5.75 Å². The molecule has 0 spiro atoms. The van der Waals surface area contributed by atoms with Gasteiger partial charge in [0.1, 0.15) is 11.9 Å².